The fourth-order valence-corrected chi connectivity index (χ4v) is 2.08. The van der Waals surface area contributed by atoms with E-state index < -0.39 is 0 Å². The number of hydrogen-bond donors (Lipinski definition) is 2. The maximum Gasteiger partial charge on any atom is 0.258 e. The number of rotatable bonds is 8. The van der Waals surface area contributed by atoms with Gasteiger partial charge in [-0.2, -0.15) is 0 Å². The number of nitrogens with one attached hydrogen (secondary N) is 2. The highest BCUT2D eigenvalue weighted by Gasteiger charge is 2.23. The lowest BCUT2D eigenvalue weighted by Gasteiger charge is -2.18. The minimum atomic E-state index is -0.0310. The summed E-state index contributed by atoms with van der Waals surface area (Å²) in [6, 6.07) is 8.50. The molecule has 1 aromatic rings. The Bertz CT molecular complexity index is 444. The Hall–Kier alpha value is -1.55. The van der Waals surface area contributed by atoms with Crippen molar-refractivity contribution in [1.29, 1.82) is 0 Å². The van der Waals surface area contributed by atoms with Crippen molar-refractivity contribution in [3.05, 3.63) is 29.8 Å². The van der Waals surface area contributed by atoms with Crippen LogP contribution in [0.15, 0.2) is 24.3 Å². The molecule has 110 valence electrons. The van der Waals surface area contributed by atoms with Crippen molar-refractivity contribution in [3.8, 4) is 5.75 Å². The predicted octanol–water partition coefficient (Wildman–Crippen LogP) is 2.40. The fraction of sp³-hybridized carbons (Fsp3) is 0.562. The van der Waals surface area contributed by atoms with E-state index in [2.05, 4.69) is 24.5 Å². The topological polar surface area (TPSA) is 50.4 Å². The smallest absolute Gasteiger partial charge is 0.258 e. The van der Waals surface area contributed by atoms with E-state index in [-0.39, 0.29) is 18.6 Å². The molecule has 0 bridgehead atoms. The van der Waals surface area contributed by atoms with Gasteiger partial charge < -0.3 is 15.4 Å². The first-order chi connectivity index (χ1) is 9.70. The van der Waals surface area contributed by atoms with Crippen molar-refractivity contribution >= 4 is 5.91 Å². The summed E-state index contributed by atoms with van der Waals surface area (Å²) in [6.07, 6.45) is 3.29. The van der Waals surface area contributed by atoms with Gasteiger partial charge in [0.15, 0.2) is 6.61 Å². The van der Waals surface area contributed by atoms with E-state index in [0.717, 1.165) is 37.1 Å². The van der Waals surface area contributed by atoms with Crippen LogP contribution in [-0.4, -0.2) is 25.1 Å². The van der Waals surface area contributed by atoms with E-state index in [4.69, 9.17) is 4.74 Å². The summed E-state index contributed by atoms with van der Waals surface area (Å²) in [4.78, 5) is 11.7. The predicted molar refractivity (Wildman–Crippen MR) is 79.8 cm³/mol. The van der Waals surface area contributed by atoms with Gasteiger partial charge >= 0.3 is 0 Å². The molecule has 1 aliphatic carbocycles. The van der Waals surface area contributed by atoms with Crippen molar-refractivity contribution in [1.82, 2.24) is 10.6 Å². The zero-order chi connectivity index (χ0) is 14.4. The second kappa shape index (κ2) is 7.29. The first-order valence-electron chi connectivity index (χ1n) is 7.45. The monoisotopic (exact) mass is 276 g/mol. The Morgan fingerprint density at radius 2 is 2.15 bits per heavy atom. The number of amides is 1. The molecule has 1 aliphatic rings. The fourth-order valence-electron chi connectivity index (χ4n) is 2.08. The van der Waals surface area contributed by atoms with Crippen molar-refractivity contribution < 1.29 is 9.53 Å². The van der Waals surface area contributed by atoms with E-state index in [9.17, 15) is 4.79 Å². The normalized spacial score (nSPS) is 15.7. The van der Waals surface area contributed by atoms with Crippen LogP contribution in [0, 0.1) is 0 Å². The second-order valence-corrected chi connectivity index (χ2v) is 5.34. The lowest BCUT2D eigenvalue weighted by molar-refractivity contribution is -0.123. The number of para-hydroxylation sites is 1. The van der Waals surface area contributed by atoms with E-state index in [1.807, 2.05) is 24.3 Å². The van der Waals surface area contributed by atoms with Crippen LogP contribution in [0.2, 0.25) is 0 Å². The van der Waals surface area contributed by atoms with Gasteiger partial charge in [0.05, 0.1) is 0 Å². The highest BCUT2D eigenvalue weighted by Crippen LogP contribution is 2.25. The van der Waals surface area contributed by atoms with Crippen LogP contribution in [0.1, 0.15) is 44.7 Å². The van der Waals surface area contributed by atoms with Crippen LogP contribution in [0.3, 0.4) is 0 Å². The highest BCUT2D eigenvalue weighted by molar-refractivity contribution is 5.78. The Morgan fingerprint density at radius 3 is 2.85 bits per heavy atom. The minimum Gasteiger partial charge on any atom is -0.483 e. The molecule has 0 radical (unpaired) electrons. The van der Waals surface area contributed by atoms with Crippen LogP contribution in [0.25, 0.3) is 0 Å². The molecule has 4 nitrogen and oxygen atoms in total. The van der Waals surface area contributed by atoms with E-state index in [1.54, 1.807) is 0 Å². The lowest BCUT2D eigenvalue weighted by Crippen LogP contribution is -2.30. The average molecular weight is 276 g/mol. The summed E-state index contributed by atoms with van der Waals surface area (Å²) in [5, 5.41) is 6.37. The Kier molecular flexibility index (Phi) is 5.41. The Morgan fingerprint density at radius 1 is 1.40 bits per heavy atom. The van der Waals surface area contributed by atoms with Crippen molar-refractivity contribution in [3.63, 3.8) is 0 Å². The molecule has 0 aliphatic heterocycles. The number of benzene rings is 1. The van der Waals surface area contributed by atoms with Gasteiger partial charge in [0.25, 0.3) is 5.91 Å². The SMILES string of the molecule is CCCNC(C)c1ccccc1OCC(=O)NC1CC1. The molecule has 0 saturated heterocycles. The molecule has 0 spiro atoms. The molecular weight excluding hydrogens is 252 g/mol. The number of hydrogen-bond acceptors (Lipinski definition) is 3. The minimum absolute atomic E-state index is 0.0310. The Balaban J connectivity index is 1.90. The van der Waals surface area contributed by atoms with E-state index >= 15 is 0 Å². The van der Waals surface area contributed by atoms with E-state index in [0.29, 0.717) is 6.04 Å². The third-order valence-electron chi connectivity index (χ3n) is 3.39. The molecule has 1 unspecified atom stereocenters. The third-order valence-corrected chi connectivity index (χ3v) is 3.39. The van der Waals surface area contributed by atoms with E-state index in [1.165, 1.54) is 0 Å². The standard InChI is InChI=1S/C16H24N2O2/c1-3-10-17-12(2)14-6-4-5-7-15(14)20-11-16(19)18-13-8-9-13/h4-7,12-13,17H,3,8-11H2,1-2H3,(H,18,19). The first kappa shape index (κ1) is 14.9. The van der Waals surface area contributed by atoms with Gasteiger partial charge in [0.1, 0.15) is 5.75 Å². The largest absolute Gasteiger partial charge is 0.483 e. The zero-order valence-corrected chi connectivity index (χ0v) is 12.3. The van der Waals surface area contributed by atoms with Gasteiger partial charge in [-0.1, -0.05) is 25.1 Å². The molecule has 2 rings (SSSR count). The maximum atomic E-state index is 11.7. The van der Waals surface area contributed by atoms with Gasteiger partial charge in [-0.25, -0.2) is 0 Å². The summed E-state index contributed by atoms with van der Waals surface area (Å²) < 4.78 is 5.68. The summed E-state index contributed by atoms with van der Waals surface area (Å²) in [7, 11) is 0. The Labute approximate surface area is 120 Å². The number of carbonyl (C=O) groups is 1. The maximum absolute atomic E-state index is 11.7. The highest BCUT2D eigenvalue weighted by atomic mass is 16.5. The summed E-state index contributed by atoms with van der Waals surface area (Å²) >= 11 is 0. The van der Waals surface area contributed by atoms with Crippen molar-refractivity contribution in [2.45, 2.75) is 45.2 Å². The number of ether oxygens (including phenoxy) is 1. The summed E-state index contributed by atoms with van der Waals surface area (Å²) in [5.74, 6) is 0.756. The van der Waals surface area contributed by atoms with Gasteiger partial charge in [-0.05, 0) is 38.8 Å². The summed E-state index contributed by atoms with van der Waals surface area (Å²) in [6.45, 7) is 5.32. The first-order valence-corrected chi connectivity index (χ1v) is 7.45. The van der Waals surface area contributed by atoms with Crippen LogP contribution in [-0.2, 0) is 4.79 Å². The van der Waals surface area contributed by atoms with Crippen LogP contribution in [0.4, 0.5) is 0 Å². The zero-order valence-electron chi connectivity index (χ0n) is 12.3. The molecule has 1 saturated carbocycles. The molecule has 0 aromatic heterocycles. The van der Waals surface area contributed by atoms with Gasteiger partial charge in [-0.15, -0.1) is 0 Å². The van der Waals surface area contributed by atoms with Gasteiger partial charge in [0, 0.05) is 17.6 Å². The van der Waals surface area contributed by atoms with Crippen molar-refractivity contribution in [2.24, 2.45) is 0 Å². The lowest BCUT2D eigenvalue weighted by atomic mass is 10.1. The number of carbonyl (C=O) groups excluding carboxylic acids is 1. The molecule has 4 heteroatoms. The third kappa shape index (κ3) is 4.53. The molecule has 2 N–H and O–H groups in total. The van der Waals surface area contributed by atoms with Crippen molar-refractivity contribution in [2.75, 3.05) is 13.2 Å². The molecule has 1 amide bonds. The summed E-state index contributed by atoms with van der Waals surface area (Å²) in [5.41, 5.74) is 1.10. The average Bonchev–Trinajstić information content (AvgIpc) is 3.26. The van der Waals surface area contributed by atoms with Crippen LogP contribution >= 0.6 is 0 Å². The molecule has 20 heavy (non-hydrogen) atoms. The molecule has 1 atom stereocenters. The molecular formula is C16H24N2O2. The molecule has 0 heterocycles. The van der Waals surface area contributed by atoms with Gasteiger partial charge in [0.2, 0.25) is 0 Å². The second-order valence-electron chi connectivity index (χ2n) is 5.34. The molecule has 1 fully saturated rings. The van der Waals surface area contributed by atoms with Crippen LogP contribution < -0.4 is 15.4 Å². The molecule has 1 aromatic carbocycles. The quantitative estimate of drug-likeness (QED) is 0.766. The van der Waals surface area contributed by atoms with Gasteiger partial charge in [-0.3, -0.25) is 4.79 Å². The van der Waals surface area contributed by atoms with Crippen LogP contribution in [0.5, 0.6) is 5.75 Å².